The number of nitriles is 1. The molecule has 1 aromatic carbocycles. The number of hydrogen-bond acceptors (Lipinski definition) is 3. The molecule has 1 unspecified atom stereocenters. The highest BCUT2D eigenvalue weighted by Crippen LogP contribution is 2.38. The topological polar surface area (TPSA) is 58.9 Å². The molecule has 0 N–H and O–H groups in total. The van der Waals surface area contributed by atoms with E-state index in [-0.39, 0.29) is 5.92 Å². The molecule has 1 atom stereocenters. The highest BCUT2D eigenvalue weighted by Gasteiger charge is 2.20. The quantitative estimate of drug-likeness (QED) is 0.467. The van der Waals surface area contributed by atoms with Crippen molar-refractivity contribution in [1.82, 2.24) is 19.4 Å². The standard InChI is InChI=1S/C25H23N5/c1-17-11-12-30-25(24(17)21-5-3-18(13-26)4-6-21)23(15-28-30)20-9-7-19(8-10-20)22-14-27-29(2)16-22/h5,7-12,14-16,18H,3-4,6H2,1-2H3. The molecule has 0 amide bonds. The minimum Gasteiger partial charge on any atom is -0.275 e. The highest BCUT2D eigenvalue weighted by molar-refractivity contribution is 5.92. The molecule has 4 aromatic rings. The van der Waals surface area contributed by atoms with Crippen LogP contribution in [-0.4, -0.2) is 19.4 Å². The summed E-state index contributed by atoms with van der Waals surface area (Å²) in [6, 6.07) is 13.1. The molecule has 0 bridgehead atoms. The Bertz CT molecular complexity index is 1300. The van der Waals surface area contributed by atoms with Gasteiger partial charge in [0.05, 0.1) is 29.9 Å². The maximum atomic E-state index is 9.24. The van der Waals surface area contributed by atoms with Gasteiger partial charge >= 0.3 is 0 Å². The molecule has 0 saturated heterocycles. The summed E-state index contributed by atoms with van der Waals surface area (Å²) in [4.78, 5) is 0. The predicted molar refractivity (Wildman–Crippen MR) is 118 cm³/mol. The molecule has 0 fully saturated rings. The van der Waals surface area contributed by atoms with E-state index in [1.165, 1.54) is 16.7 Å². The molecular weight excluding hydrogens is 370 g/mol. The van der Waals surface area contributed by atoms with Gasteiger partial charge in [0.25, 0.3) is 0 Å². The van der Waals surface area contributed by atoms with Gasteiger partial charge in [0.15, 0.2) is 0 Å². The Morgan fingerprint density at radius 1 is 1.03 bits per heavy atom. The third kappa shape index (κ3) is 3.11. The number of allylic oxidation sites excluding steroid dienone is 2. The zero-order chi connectivity index (χ0) is 20.7. The van der Waals surface area contributed by atoms with E-state index in [1.807, 2.05) is 41.0 Å². The fourth-order valence-corrected chi connectivity index (χ4v) is 4.38. The summed E-state index contributed by atoms with van der Waals surface area (Å²) in [7, 11) is 1.93. The van der Waals surface area contributed by atoms with E-state index >= 15 is 0 Å². The van der Waals surface area contributed by atoms with Crippen LogP contribution in [0.1, 0.15) is 30.4 Å². The van der Waals surface area contributed by atoms with Crippen molar-refractivity contribution in [1.29, 1.82) is 5.26 Å². The summed E-state index contributed by atoms with van der Waals surface area (Å²) in [5, 5.41) is 18.1. The molecule has 0 radical (unpaired) electrons. The predicted octanol–water partition coefficient (Wildman–Crippen LogP) is 5.42. The zero-order valence-corrected chi connectivity index (χ0v) is 17.2. The SMILES string of the molecule is Cc1ccn2ncc(-c3ccc(-c4cnn(C)c4)cc3)c2c1C1=CCC(C#N)CC1. The van der Waals surface area contributed by atoms with Gasteiger partial charge in [0, 0.05) is 36.1 Å². The third-order valence-corrected chi connectivity index (χ3v) is 6.04. The van der Waals surface area contributed by atoms with Crippen LogP contribution in [0.5, 0.6) is 0 Å². The van der Waals surface area contributed by atoms with Crippen molar-refractivity contribution in [3.63, 3.8) is 0 Å². The van der Waals surface area contributed by atoms with E-state index in [1.54, 1.807) is 0 Å². The summed E-state index contributed by atoms with van der Waals surface area (Å²) in [5.74, 6) is 0.137. The van der Waals surface area contributed by atoms with E-state index in [2.05, 4.69) is 59.6 Å². The third-order valence-electron chi connectivity index (χ3n) is 6.04. The van der Waals surface area contributed by atoms with Gasteiger partial charge in [-0.15, -0.1) is 0 Å². The average Bonchev–Trinajstić information content (AvgIpc) is 3.40. The minimum atomic E-state index is 0.137. The normalized spacial score (nSPS) is 16.4. The molecule has 5 nitrogen and oxygen atoms in total. The first-order chi connectivity index (χ1) is 14.6. The molecule has 3 heterocycles. The first-order valence-corrected chi connectivity index (χ1v) is 10.3. The fraction of sp³-hybridized carbons (Fsp3) is 0.240. The summed E-state index contributed by atoms with van der Waals surface area (Å²) >= 11 is 0. The van der Waals surface area contributed by atoms with Crippen molar-refractivity contribution >= 4 is 11.1 Å². The summed E-state index contributed by atoms with van der Waals surface area (Å²) in [6.45, 7) is 2.16. The summed E-state index contributed by atoms with van der Waals surface area (Å²) in [6.07, 6.45) is 12.8. The van der Waals surface area contributed by atoms with Crippen LogP contribution in [-0.2, 0) is 7.05 Å². The molecule has 0 saturated carbocycles. The van der Waals surface area contributed by atoms with Gasteiger partial charge in [-0.25, -0.2) is 4.52 Å². The Morgan fingerprint density at radius 2 is 1.83 bits per heavy atom. The van der Waals surface area contributed by atoms with Crippen molar-refractivity contribution < 1.29 is 0 Å². The molecule has 0 aliphatic heterocycles. The maximum absolute atomic E-state index is 9.24. The molecule has 3 aromatic heterocycles. The van der Waals surface area contributed by atoms with Gasteiger partial charge in [-0.05, 0) is 54.5 Å². The smallest absolute Gasteiger partial charge is 0.0817 e. The Kier molecular flexibility index (Phi) is 4.48. The minimum absolute atomic E-state index is 0.137. The molecule has 5 rings (SSSR count). The monoisotopic (exact) mass is 393 g/mol. The summed E-state index contributed by atoms with van der Waals surface area (Å²) < 4.78 is 3.79. The first kappa shape index (κ1) is 18.4. The number of aryl methyl sites for hydroxylation is 2. The van der Waals surface area contributed by atoms with Crippen LogP contribution >= 0.6 is 0 Å². The zero-order valence-electron chi connectivity index (χ0n) is 17.2. The van der Waals surface area contributed by atoms with Crippen LogP contribution in [0.4, 0.5) is 0 Å². The van der Waals surface area contributed by atoms with E-state index in [0.29, 0.717) is 0 Å². The lowest BCUT2D eigenvalue weighted by Gasteiger charge is -2.20. The van der Waals surface area contributed by atoms with Gasteiger partial charge < -0.3 is 0 Å². The lowest BCUT2D eigenvalue weighted by molar-refractivity contribution is 0.604. The largest absolute Gasteiger partial charge is 0.275 e. The Balaban J connectivity index is 1.60. The van der Waals surface area contributed by atoms with E-state index in [9.17, 15) is 5.26 Å². The number of pyridine rings is 1. The maximum Gasteiger partial charge on any atom is 0.0817 e. The van der Waals surface area contributed by atoms with Gasteiger partial charge in [0.2, 0.25) is 0 Å². The second kappa shape index (κ2) is 7.31. The van der Waals surface area contributed by atoms with Crippen molar-refractivity contribution in [3.8, 4) is 28.3 Å². The van der Waals surface area contributed by atoms with Crippen molar-refractivity contribution in [2.45, 2.75) is 26.2 Å². The lowest BCUT2D eigenvalue weighted by Crippen LogP contribution is -2.05. The van der Waals surface area contributed by atoms with Gasteiger partial charge in [-0.2, -0.15) is 15.5 Å². The molecule has 30 heavy (non-hydrogen) atoms. The number of benzene rings is 1. The molecule has 1 aliphatic rings. The average molecular weight is 393 g/mol. The Labute approximate surface area is 175 Å². The van der Waals surface area contributed by atoms with Crippen LogP contribution in [0, 0.1) is 24.2 Å². The van der Waals surface area contributed by atoms with E-state index in [0.717, 1.165) is 47.0 Å². The van der Waals surface area contributed by atoms with Gasteiger partial charge in [0.1, 0.15) is 0 Å². The Hall–Kier alpha value is -3.65. The number of hydrogen-bond donors (Lipinski definition) is 0. The molecule has 5 heteroatoms. The van der Waals surface area contributed by atoms with E-state index in [4.69, 9.17) is 0 Å². The molecular formula is C25H23N5. The van der Waals surface area contributed by atoms with Gasteiger partial charge in [-0.1, -0.05) is 30.3 Å². The number of aromatic nitrogens is 4. The van der Waals surface area contributed by atoms with Crippen molar-refractivity contribution in [2.24, 2.45) is 13.0 Å². The molecule has 1 aliphatic carbocycles. The van der Waals surface area contributed by atoms with Crippen molar-refractivity contribution in [3.05, 3.63) is 72.3 Å². The lowest BCUT2D eigenvalue weighted by atomic mass is 9.85. The second-order valence-corrected chi connectivity index (χ2v) is 8.03. The van der Waals surface area contributed by atoms with Crippen LogP contribution in [0.2, 0.25) is 0 Å². The first-order valence-electron chi connectivity index (χ1n) is 10.3. The van der Waals surface area contributed by atoms with Crippen LogP contribution < -0.4 is 0 Å². The fourth-order valence-electron chi connectivity index (χ4n) is 4.38. The van der Waals surface area contributed by atoms with E-state index < -0.39 is 0 Å². The van der Waals surface area contributed by atoms with Crippen molar-refractivity contribution in [2.75, 3.05) is 0 Å². The second-order valence-electron chi connectivity index (χ2n) is 8.03. The highest BCUT2D eigenvalue weighted by atomic mass is 15.2. The molecule has 148 valence electrons. The number of fused-ring (bicyclic) bond motifs is 1. The van der Waals surface area contributed by atoms with Gasteiger partial charge in [-0.3, -0.25) is 4.68 Å². The molecule has 0 spiro atoms. The number of nitrogens with zero attached hydrogens (tertiary/aromatic N) is 5. The van der Waals surface area contributed by atoms with Crippen LogP contribution in [0.25, 0.3) is 33.3 Å². The van der Waals surface area contributed by atoms with Crippen LogP contribution in [0.3, 0.4) is 0 Å². The Morgan fingerprint density at radius 3 is 2.50 bits per heavy atom. The summed E-state index contributed by atoms with van der Waals surface area (Å²) in [5.41, 5.74) is 9.53. The number of rotatable bonds is 3. The van der Waals surface area contributed by atoms with Crippen LogP contribution in [0.15, 0.2) is 61.2 Å².